The van der Waals surface area contributed by atoms with Gasteiger partial charge in [0.1, 0.15) is 0 Å². The van der Waals surface area contributed by atoms with E-state index in [1.807, 2.05) is 38.1 Å². The summed E-state index contributed by atoms with van der Waals surface area (Å²) in [6.07, 6.45) is 0.900. The van der Waals surface area contributed by atoms with E-state index < -0.39 is 10.2 Å². The van der Waals surface area contributed by atoms with Gasteiger partial charge in [-0.1, -0.05) is 12.1 Å². The molecule has 1 aliphatic rings. The Morgan fingerprint density at radius 3 is 2.24 bits per heavy atom. The minimum Gasteiger partial charge on any atom is -0.326 e. The second kappa shape index (κ2) is 8.75. The van der Waals surface area contributed by atoms with E-state index in [-0.39, 0.29) is 11.9 Å². The van der Waals surface area contributed by atoms with Crippen molar-refractivity contribution in [2.75, 3.05) is 38.0 Å². The summed E-state index contributed by atoms with van der Waals surface area (Å²) in [7, 11) is -3.37. The third-order valence-corrected chi connectivity index (χ3v) is 5.86. The van der Waals surface area contributed by atoms with Gasteiger partial charge in [0.05, 0.1) is 0 Å². The standard InChI is InChI=1S/C17H28N4O3S/c1-14(2)19-25(23,24)21-12-10-20(11-13-21)9-8-16-4-6-17(7-5-16)18-15(3)22/h4-7,14,19H,8-13H2,1-3H3,(H,18,22). The van der Waals surface area contributed by atoms with Crippen molar-refractivity contribution in [2.24, 2.45) is 0 Å². The summed E-state index contributed by atoms with van der Waals surface area (Å²) < 4.78 is 28.5. The van der Waals surface area contributed by atoms with Gasteiger partial charge in [-0.25, -0.2) is 0 Å². The molecule has 0 saturated carbocycles. The Morgan fingerprint density at radius 1 is 1.12 bits per heavy atom. The number of rotatable bonds is 7. The van der Waals surface area contributed by atoms with Crippen molar-refractivity contribution in [3.05, 3.63) is 29.8 Å². The topological polar surface area (TPSA) is 81.8 Å². The molecule has 1 aliphatic heterocycles. The molecule has 1 heterocycles. The summed E-state index contributed by atoms with van der Waals surface area (Å²) in [6.45, 7) is 8.55. The number of benzene rings is 1. The van der Waals surface area contributed by atoms with Gasteiger partial charge in [0.25, 0.3) is 10.2 Å². The summed E-state index contributed by atoms with van der Waals surface area (Å²) in [5.74, 6) is -0.0764. The molecule has 25 heavy (non-hydrogen) atoms. The van der Waals surface area contributed by atoms with E-state index in [0.717, 1.165) is 31.7 Å². The summed E-state index contributed by atoms with van der Waals surface area (Å²) in [6, 6.07) is 7.73. The third-order valence-electron chi connectivity index (χ3n) is 4.05. The Labute approximate surface area is 150 Å². The Kier molecular flexibility index (Phi) is 6.95. The number of hydrogen-bond donors (Lipinski definition) is 2. The van der Waals surface area contributed by atoms with E-state index >= 15 is 0 Å². The molecule has 140 valence electrons. The van der Waals surface area contributed by atoms with Crippen molar-refractivity contribution in [3.63, 3.8) is 0 Å². The first-order valence-corrected chi connectivity index (χ1v) is 10.1. The van der Waals surface area contributed by atoms with Crippen LogP contribution in [0.25, 0.3) is 0 Å². The number of hydrogen-bond acceptors (Lipinski definition) is 4. The number of piperazine rings is 1. The summed E-state index contributed by atoms with van der Waals surface area (Å²) in [5.41, 5.74) is 2.00. The first kappa shape index (κ1) is 19.8. The zero-order chi connectivity index (χ0) is 18.4. The molecule has 0 atom stereocenters. The largest absolute Gasteiger partial charge is 0.326 e. The van der Waals surface area contributed by atoms with Gasteiger partial charge in [-0.15, -0.1) is 0 Å². The maximum atomic E-state index is 12.2. The van der Waals surface area contributed by atoms with Crippen molar-refractivity contribution in [1.82, 2.24) is 13.9 Å². The van der Waals surface area contributed by atoms with E-state index in [9.17, 15) is 13.2 Å². The molecule has 0 aromatic heterocycles. The van der Waals surface area contributed by atoms with Gasteiger partial charge in [-0.3, -0.25) is 4.79 Å². The minimum atomic E-state index is -3.37. The zero-order valence-electron chi connectivity index (χ0n) is 15.2. The summed E-state index contributed by atoms with van der Waals surface area (Å²) in [5, 5.41) is 2.75. The second-order valence-electron chi connectivity index (χ2n) is 6.65. The fourth-order valence-corrected chi connectivity index (χ4v) is 4.20. The molecule has 1 saturated heterocycles. The molecule has 2 N–H and O–H groups in total. The van der Waals surface area contributed by atoms with Gasteiger partial charge in [0.15, 0.2) is 0 Å². The van der Waals surface area contributed by atoms with Crippen LogP contribution in [-0.2, 0) is 21.4 Å². The molecule has 1 aromatic rings. The Balaban J connectivity index is 1.78. The first-order chi connectivity index (χ1) is 11.8. The highest BCUT2D eigenvalue weighted by molar-refractivity contribution is 7.87. The van der Waals surface area contributed by atoms with Gasteiger partial charge >= 0.3 is 0 Å². The average molecular weight is 369 g/mol. The normalized spacial score (nSPS) is 17.0. The number of carbonyl (C=O) groups is 1. The lowest BCUT2D eigenvalue weighted by Crippen LogP contribution is -2.53. The van der Waals surface area contributed by atoms with Gasteiger partial charge < -0.3 is 10.2 Å². The third kappa shape index (κ3) is 6.39. The fourth-order valence-electron chi connectivity index (χ4n) is 2.81. The zero-order valence-corrected chi connectivity index (χ0v) is 16.0. The molecule has 0 bridgehead atoms. The molecular formula is C17H28N4O3S. The van der Waals surface area contributed by atoms with Crippen LogP contribution in [0.2, 0.25) is 0 Å². The van der Waals surface area contributed by atoms with Gasteiger partial charge in [-0.2, -0.15) is 17.4 Å². The summed E-state index contributed by atoms with van der Waals surface area (Å²) >= 11 is 0. The quantitative estimate of drug-likeness (QED) is 0.754. The van der Waals surface area contributed by atoms with E-state index in [1.54, 1.807) is 0 Å². The van der Waals surface area contributed by atoms with Crippen molar-refractivity contribution in [1.29, 1.82) is 0 Å². The molecule has 7 nitrogen and oxygen atoms in total. The van der Waals surface area contributed by atoms with Gasteiger partial charge in [0, 0.05) is 51.4 Å². The SMILES string of the molecule is CC(=O)Nc1ccc(CCN2CCN(S(=O)(=O)NC(C)C)CC2)cc1. The number of anilines is 1. The van der Waals surface area contributed by atoms with Crippen molar-refractivity contribution in [2.45, 2.75) is 33.2 Å². The van der Waals surface area contributed by atoms with Gasteiger partial charge in [0.2, 0.25) is 5.91 Å². The lowest BCUT2D eigenvalue weighted by atomic mass is 10.1. The highest BCUT2D eigenvalue weighted by atomic mass is 32.2. The molecule has 0 spiro atoms. The van der Waals surface area contributed by atoms with Crippen molar-refractivity contribution < 1.29 is 13.2 Å². The number of carbonyl (C=O) groups excluding carboxylic acids is 1. The lowest BCUT2D eigenvalue weighted by molar-refractivity contribution is -0.114. The van der Waals surface area contributed by atoms with E-state index in [4.69, 9.17) is 0 Å². The number of amides is 1. The van der Waals surface area contributed by atoms with E-state index in [2.05, 4.69) is 14.9 Å². The van der Waals surface area contributed by atoms with Crippen LogP contribution in [0.5, 0.6) is 0 Å². The van der Waals surface area contributed by atoms with Crippen LogP contribution in [0, 0.1) is 0 Å². The molecule has 1 amide bonds. The smallest absolute Gasteiger partial charge is 0.279 e. The highest BCUT2D eigenvalue weighted by Gasteiger charge is 2.26. The van der Waals surface area contributed by atoms with E-state index in [0.29, 0.717) is 13.1 Å². The first-order valence-electron chi connectivity index (χ1n) is 8.62. The predicted molar refractivity (Wildman–Crippen MR) is 99.7 cm³/mol. The molecule has 1 fully saturated rings. The van der Waals surface area contributed by atoms with Crippen LogP contribution in [0.3, 0.4) is 0 Å². The fraction of sp³-hybridized carbons (Fsp3) is 0.588. The Bertz CT molecular complexity index is 666. The molecular weight excluding hydrogens is 340 g/mol. The monoisotopic (exact) mass is 368 g/mol. The van der Waals surface area contributed by atoms with Crippen LogP contribution in [0.15, 0.2) is 24.3 Å². The van der Waals surface area contributed by atoms with Crippen LogP contribution in [0.4, 0.5) is 5.69 Å². The highest BCUT2D eigenvalue weighted by Crippen LogP contribution is 2.12. The van der Waals surface area contributed by atoms with Crippen molar-refractivity contribution >= 4 is 21.8 Å². The summed E-state index contributed by atoms with van der Waals surface area (Å²) in [4.78, 5) is 13.3. The average Bonchev–Trinajstić information content (AvgIpc) is 2.53. The molecule has 0 unspecified atom stereocenters. The number of nitrogens with one attached hydrogen (secondary N) is 2. The molecule has 8 heteroatoms. The molecule has 2 rings (SSSR count). The number of nitrogens with zero attached hydrogens (tertiary/aromatic N) is 2. The van der Waals surface area contributed by atoms with Crippen LogP contribution >= 0.6 is 0 Å². The Morgan fingerprint density at radius 2 is 1.72 bits per heavy atom. The minimum absolute atomic E-state index is 0.0764. The molecule has 1 aromatic carbocycles. The molecule has 0 aliphatic carbocycles. The van der Waals surface area contributed by atoms with E-state index in [1.165, 1.54) is 16.8 Å². The predicted octanol–water partition coefficient (Wildman–Crippen LogP) is 1.05. The maximum Gasteiger partial charge on any atom is 0.279 e. The van der Waals surface area contributed by atoms with Crippen LogP contribution < -0.4 is 10.0 Å². The van der Waals surface area contributed by atoms with Crippen LogP contribution in [-0.4, -0.2) is 62.3 Å². The van der Waals surface area contributed by atoms with Crippen molar-refractivity contribution in [3.8, 4) is 0 Å². The maximum absolute atomic E-state index is 12.2. The van der Waals surface area contributed by atoms with Crippen LogP contribution in [0.1, 0.15) is 26.3 Å². The second-order valence-corrected chi connectivity index (χ2v) is 8.35. The lowest BCUT2D eigenvalue weighted by Gasteiger charge is -2.34. The van der Waals surface area contributed by atoms with Gasteiger partial charge in [-0.05, 0) is 38.0 Å². The Hall–Kier alpha value is -1.48. The molecule has 0 radical (unpaired) electrons.